The van der Waals surface area contributed by atoms with Gasteiger partial charge < -0.3 is 10.2 Å². The number of piperidine rings is 2. The molecule has 1 N–H and O–H groups in total. The van der Waals surface area contributed by atoms with Crippen molar-refractivity contribution in [2.75, 3.05) is 31.1 Å². The maximum absolute atomic E-state index is 13.9. The third kappa shape index (κ3) is 5.69. The number of anilines is 1. The third-order valence-electron chi connectivity index (χ3n) is 7.08. The summed E-state index contributed by atoms with van der Waals surface area (Å²) in [6.45, 7) is 8.89. The fraction of sp³-hybridized carbons (Fsp3) is 0.519. The zero-order valence-electron chi connectivity index (χ0n) is 19.4. The molecule has 0 unspecified atom stereocenters. The number of halogens is 1. The maximum Gasteiger partial charge on any atom is 0.223 e. The maximum atomic E-state index is 13.9. The van der Waals surface area contributed by atoms with Crippen molar-refractivity contribution >= 4 is 11.6 Å². The van der Waals surface area contributed by atoms with Gasteiger partial charge >= 0.3 is 0 Å². The molecule has 0 spiro atoms. The molecule has 172 valence electrons. The summed E-state index contributed by atoms with van der Waals surface area (Å²) in [4.78, 5) is 17.6. The van der Waals surface area contributed by atoms with Gasteiger partial charge in [-0.05, 0) is 75.4 Å². The monoisotopic (exact) mass is 437 g/mol. The van der Waals surface area contributed by atoms with Crippen molar-refractivity contribution in [1.82, 2.24) is 10.2 Å². The largest absolute Gasteiger partial charge is 0.371 e. The molecule has 2 aliphatic rings. The highest BCUT2D eigenvalue weighted by Gasteiger charge is 2.26. The quantitative estimate of drug-likeness (QED) is 0.679. The molecule has 0 aliphatic carbocycles. The Labute approximate surface area is 191 Å². The van der Waals surface area contributed by atoms with E-state index in [-0.39, 0.29) is 23.7 Å². The van der Waals surface area contributed by atoms with Crippen LogP contribution in [0.25, 0.3) is 0 Å². The molecule has 32 heavy (non-hydrogen) atoms. The molecule has 4 nitrogen and oxygen atoms in total. The number of carbonyl (C=O) groups is 1. The van der Waals surface area contributed by atoms with E-state index in [1.807, 2.05) is 12.1 Å². The van der Waals surface area contributed by atoms with E-state index in [1.54, 1.807) is 6.07 Å². The van der Waals surface area contributed by atoms with Crippen LogP contribution in [0.5, 0.6) is 0 Å². The lowest BCUT2D eigenvalue weighted by atomic mass is 9.94. The molecule has 0 aromatic heterocycles. The first-order valence-electron chi connectivity index (χ1n) is 12.1. The highest BCUT2D eigenvalue weighted by atomic mass is 19.1. The molecule has 2 aliphatic heterocycles. The first-order valence-corrected chi connectivity index (χ1v) is 12.1. The first-order chi connectivity index (χ1) is 15.5. The number of carbonyl (C=O) groups excluding carboxylic acids is 1. The van der Waals surface area contributed by atoms with E-state index in [4.69, 9.17) is 0 Å². The van der Waals surface area contributed by atoms with Crippen molar-refractivity contribution in [3.63, 3.8) is 0 Å². The standard InChI is InChI=1S/C27H36FN3O/c1-20-6-5-15-31(18-20)25-11-9-22(10-12-25)21(2)29-27(32)23-13-16-30(17-14-23)19-24-7-3-4-8-26(24)28/h3-4,7-12,20-21,23H,5-6,13-19H2,1-2H3,(H,29,32)/t20-,21-/m0/s1. The Balaban J connectivity index is 1.25. The number of nitrogens with zero attached hydrogens (tertiary/aromatic N) is 2. The fourth-order valence-corrected chi connectivity index (χ4v) is 5.03. The van der Waals surface area contributed by atoms with Crippen LogP contribution < -0.4 is 10.2 Å². The zero-order chi connectivity index (χ0) is 22.5. The highest BCUT2D eigenvalue weighted by molar-refractivity contribution is 5.79. The normalized spacial score (nSPS) is 21.3. The first kappa shape index (κ1) is 22.8. The minimum atomic E-state index is -0.151. The van der Waals surface area contributed by atoms with Gasteiger partial charge in [-0.15, -0.1) is 0 Å². The number of nitrogens with one attached hydrogen (secondary N) is 1. The second kappa shape index (κ2) is 10.5. The van der Waals surface area contributed by atoms with E-state index < -0.39 is 0 Å². The zero-order valence-corrected chi connectivity index (χ0v) is 19.4. The Morgan fingerprint density at radius 1 is 1.06 bits per heavy atom. The lowest BCUT2D eigenvalue weighted by Crippen LogP contribution is -2.41. The number of hydrogen-bond acceptors (Lipinski definition) is 3. The Kier molecular flexibility index (Phi) is 7.46. The third-order valence-corrected chi connectivity index (χ3v) is 7.08. The lowest BCUT2D eigenvalue weighted by molar-refractivity contribution is -0.127. The van der Waals surface area contributed by atoms with Crippen LogP contribution >= 0.6 is 0 Å². The molecule has 2 saturated heterocycles. The predicted octanol–water partition coefficient (Wildman–Crippen LogP) is 5.15. The smallest absolute Gasteiger partial charge is 0.223 e. The molecule has 0 radical (unpaired) electrons. The second-order valence-electron chi connectivity index (χ2n) is 9.66. The molecule has 2 fully saturated rings. The molecule has 2 heterocycles. The summed E-state index contributed by atoms with van der Waals surface area (Å²) in [7, 11) is 0. The van der Waals surface area contributed by atoms with Gasteiger partial charge in [-0.2, -0.15) is 0 Å². The van der Waals surface area contributed by atoms with Crippen molar-refractivity contribution in [2.45, 2.75) is 52.1 Å². The average molecular weight is 438 g/mol. The number of rotatable bonds is 6. The average Bonchev–Trinajstić information content (AvgIpc) is 2.81. The van der Waals surface area contributed by atoms with Gasteiger partial charge in [0.2, 0.25) is 5.91 Å². The van der Waals surface area contributed by atoms with Crippen molar-refractivity contribution in [1.29, 1.82) is 0 Å². The van der Waals surface area contributed by atoms with Gasteiger partial charge in [0.15, 0.2) is 0 Å². The van der Waals surface area contributed by atoms with Crippen LogP contribution in [-0.4, -0.2) is 37.0 Å². The van der Waals surface area contributed by atoms with Gasteiger partial charge in [0, 0.05) is 36.8 Å². The molecule has 2 atom stereocenters. The summed E-state index contributed by atoms with van der Waals surface area (Å²) < 4.78 is 13.9. The van der Waals surface area contributed by atoms with E-state index in [9.17, 15) is 9.18 Å². The van der Waals surface area contributed by atoms with E-state index >= 15 is 0 Å². The van der Waals surface area contributed by atoms with Crippen LogP contribution in [0.15, 0.2) is 48.5 Å². The van der Waals surface area contributed by atoms with Crippen molar-refractivity contribution < 1.29 is 9.18 Å². The number of benzene rings is 2. The Hall–Kier alpha value is -2.40. The van der Waals surface area contributed by atoms with Crippen LogP contribution in [0.1, 0.15) is 56.7 Å². The molecule has 0 bridgehead atoms. The van der Waals surface area contributed by atoms with Gasteiger partial charge in [0.25, 0.3) is 0 Å². The minimum absolute atomic E-state index is 0.00623. The number of likely N-dealkylation sites (tertiary alicyclic amines) is 1. The molecular formula is C27H36FN3O. The summed E-state index contributed by atoms with van der Waals surface area (Å²) in [5.41, 5.74) is 3.15. The minimum Gasteiger partial charge on any atom is -0.371 e. The SMILES string of the molecule is C[C@H]1CCCN(c2ccc([C@H](C)NC(=O)C3CCN(Cc4ccccc4F)CC3)cc2)C1. The Morgan fingerprint density at radius 3 is 2.47 bits per heavy atom. The van der Waals surface area contributed by atoms with Crippen molar-refractivity contribution in [3.05, 3.63) is 65.5 Å². The van der Waals surface area contributed by atoms with Gasteiger partial charge in [-0.1, -0.05) is 37.3 Å². The Bertz CT molecular complexity index is 892. The van der Waals surface area contributed by atoms with Crippen molar-refractivity contribution in [2.24, 2.45) is 11.8 Å². The topological polar surface area (TPSA) is 35.6 Å². The van der Waals surface area contributed by atoms with Crippen LogP contribution in [-0.2, 0) is 11.3 Å². The highest BCUT2D eigenvalue weighted by Crippen LogP contribution is 2.26. The molecule has 1 amide bonds. The van der Waals surface area contributed by atoms with Crippen LogP contribution in [0.4, 0.5) is 10.1 Å². The Morgan fingerprint density at radius 2 is 1.78 bits per heavy atom. The van der Waals surface area contributed by atoms with E-state index in [2.05, 4.69) is 53.2 Å². The number of amides is 1. The lowest BCUT2D eigenvalue weighted by Gasteiger charge is -2.33. The van der Waals surface area contributed by atoms with E-state index in [1.165, 1.54) is 24.6 Å². The molecule has 2 aromatic carbocycles. The van der Waals surface area contributed by atoms with Crippen LogP contribution in [0.2, 0.25) is 0 Å². The molecule has 4 rings (SSSR count). The summed E-state index contributed by atoms with van der Waals surface area (Å²) in [5.74, 6) is 0.766. The molecule has 2 aromatic rings. The van der Waals surface area contributed by atoms with Crippen LogP contribution in [0.3, 0.4) is 0 Å². The van der Waals surface area contributed by atoms with Crippen molar-refractivity contribution in [3.8, 4) is 0 Å². The number of hydrogen-bond donors (Lipinski definition) is 1. The van der Waals surface area contributed by atoms with Gasteiger partial charge in [0.1, 0.15) is 5.82 Å². The molecule has 0 saturated carbocycles. The summed E-state index contributed by atoms with van der Waals surface area (Å²) in [6.07, 6.45) is 4.21. The van der Waals surface area contributed by atoms with Crippen LogP contribution in [0, 0.1) is 17.7 Å². The van der Waals surface area contributed by atoms with E-state index in [0.29, 0.717) is 6.54 Å². The summed E-state index contributed by atoms with van der Waals surface area (Å²) >= 11 is 0. The van der Waals surface area contributed by atoms with E-state index in [0.717, 1.165) is 56.1 Å². The second-order valence-corrected chi connectivity index (χ2v) is 9.66. The fourth-order valence-electron chi connectivity index (χ4n) is 5.03. The van der Waals surface area contributed by atoms with Gasteiger partial charge in [-0.3, -0.25) is 9.69 Å². The van der Waals surface area contributed by atoms with Gasteiger partial charge in [-0.25, -0.2) is 4.39 Å². The van der Waals surface area contributed by atoms with Gasteiger partial charge in [0.05, 0.1) is 6.04 Å². The molecule has 5 heteroatoms. The predicted molar refractivity (Wildman–Crippen MR) is 128 cm³/mol. The molecular weight excluding hydrogens is 401 g/mol. The summed E-state index contributed by atoms with van der Waals surface area (Å²) in [6, 6.07) is 15.6. The summed E-state index contributed by atoms with van der Waals surface area (Å²) in [5, 5.41) is 3.21.